The molecule has 0 unspecified atom stereocenters. The van der Waals surface area contributed by atoms with Gasteiger partial charge in [0.1, 0.15) is 0 Å². The van der Waals surface area contributed by atoms with Crippen LogP contribution < -0.4 is 4.72 Å². The van der Waals surface area contributed by atoms with Gasteiger partial charge in [0, 0.05) is 6.20 Å². The van der Waals surface area contributed by atoms with Crippen LogP contribution in [0.3, 0.4) is 0 Å². The minimum atomic E-state index is -3.70. The quantitative estimate of drug-likeness (QED) is 0.830. The first-order valence-electron chi connectivity index (χ1n) is 4.62. The molecule has 0 aliphatic heterocycles. The van der Waals surface area contributed by atoms with Crippen LogP contribution in [0.25, 0.3) is 0 Å². The van der Waals surface area contributed by atoms with Crippen molar-refractivity contribution in [2.24, 2.45) is 0 Å². The Balaban J connectivity index is 2.36. The number of imidazole rings is 1. The van der Waals surface area contributed by atoms with Crippen molar-refractivity contribution in [3.63, 3.8) is 0 Å². The van der Waals surface area contributed by atoms with Gasteiger partial charge in [-0.25, -0.2) is 9.97 Å². The number of nitrogens with zero attached hydrogens (tertiary/aromatic N) is 2. The lowest BCUT2D eigenvalue weighted by Crippen LogP contribution is -2.14. The molecule has 0 spiro atoms. The van der Waals surface area contributed by atoms with Gasteiger partial charge in [-0.2, -0.15) is 8.42 Å². The smallest absolute Gasteiger partial charge is 0.279 e. The van der Waals surface area contributed by atoms with E-state index in [0.29, 0.717) is 0 Å². The Morgan fingerprint density at radius 3 is 2.82 bits per heavy atom. The molecule has 0 saturated heterocycles. The maximum absolute atomic E-state index is 11.9. The lowest BCUT2D eigenvalue weighted by atomic mass is 10.3. The van der Waals surface area contributed by atoms with Gasteiger partial charge >= 0.3 is 0 Å². The van der Waals surface area contributed by atoms with E-state index in [1.165, 1.54) is 12.5 Å². The first kappa shape index (κ1) is 11.9. The lowest BCUT2D eigenvalue weighted by molar-refractivity contribution is 0.598. The Hall–Kier alpha value is -1.60. The van der Waals surface area contributed by atoms with Crippen LogP contribution in [0.2, 0.25) is 5.15 Å². The summed E-state index contributed by atoms with van der Waals surface area (Å²) in [6.45, 7) is 1.79. The molecular formula is C9H9ClN4O2S. The van der Waals surface area contributed by atoms with Crippen molar-refractivity contribution in [3.05, 3.63) is 35.5 Å². The standard InChI is InChI=1S/C9H9ClN4O2S/c1-6-2-7(9(10)12-3-6)14-17(15,16)8-4-11-5-13-8/h2-5,14H,1H3,(H,11,13). The van der Waals surface area contributed by atoms with E-state index in [4.69, 9.17) is 11.6 Å². The van der Waals surface area contributed by atoms with Crippen molar-refractivity contribution in [2.45, 2.75) is 11.9 Å². The van der Waals surface area contributed by atoms with Gasteiger partial charge in [0.05, 0.1) is 18.2 Å². The second kappa shape index (κ2) is 4.34. The van der Waals surface area contributed by atoms with Gasteiger partial charge in [-0.1, -0.05) is 11.6 Å². The van der Waals surface area contributed by atoms with Crippen LogP contribution in [0.4, 0.5) is 5.69 Å². The predicted molar refractivity (Wildman–Crippen MR) is 63.4 cm³/mol. The van der Waals surface area contributed by atoms with Gasteiger partial charge in [-0.15, -0.1) is 0 Å². The van der Waals surface area contributed by atoms with Crippen LogP contribution in [0.15, 0.2) is 29.8 Å². The Bertz CT molecular complexity index is 624. The second-order valence-corrected chi connectivity index (χ2v) is 5.38. The topological polar surface area (TPSA) is 87.7 Å². The van der Waals surface area contributed by atoms with Gasteiger partial charge in [0.2, 0.25) is 0 Å². The second-order valence-electron chi connectivity index (χ2n) is 3.37. The molecule has 0 aliphatic carbocycles. The maximum atomic E-state index is 11.9. The molecule has 6 nitrogen and oxygen atoms in total. The number of hydrogen-bond donors (Lipinski definition) is 2. The van der Waals surface area contributed by atoms with Crippen LogP contribution in [-0.4, -0.2) is 23.4 Å². The fraction of sp³-hybridized carbons (Fsp3) is 0.111. The highest BCUT2D eigenvalue weighted by atomic mass is 35.5. The van der Waals surface area contributed by atoms with Crippen molar-refractivity contribution in [3.8, 4) is 0 Å². The maximum Gasteiger partial charge on any atom is 0.279 e. The number of aromatic amines is 1. The molecule has 90 valence electrons. The molecule has 2 N–H and O–H groups in total. The molecule has 0 atom stereocenters. The van der Waals surface area contributed by atoms with Crippen molar-refractivity contribution >= 4 is 27.3 Å². The number of aromatic nitrogens is 3. The Labute approximate surface area is 103 Å². The molecule has 2 rings (SSSR count). The number of aryl methyl sites for hydroxylation is 1. The van der Waals surface area contributed by atoms with E-state index in [0.717, 1.165) is 5.56 Å². The number of nitrogens with one attached hydrogen (secondary N) is 2. The highest BCUT2D eigenvalue weighted by Crippen LogP contribution is 2.22. The van der Waals surface area contributed by atoms with Crippen molar-refractivity contribution in [1.29, 1.82) is 0 Å². The van der Waals surface area contributed by atoms with E-state index < -0.39 is 10.0 Å². The van der Waals surface area contributed by atoms with Gasteiger partial charge in [0.15, 0.2) is 10.2 Å². The fourth-order valence-electron chi connectivity index (χ4n) is 1.21. The largest absolute Gasteiger partial charge is 0.334 e. The van der Waals surface area contributed by atoms with Gasteiger partial charge in [0.25, 0.3) is 10.0 Å². The zero-order valence-corrected chi connectivity index (χ0v) is 10.4. The number of anilines is 1. The van der Waals surface area contributed by atoms with Crippen LogP contribution in [0, 0.1) is 6.92 Å². The third-order valence-corrected chi connectivity index (χ3v) is 3.57. The van der Waals surface area contributed by atoms with Gasteiger partial charge in [-0.05, 0) is 18.6 Å². The molecule has 17 heavy (non-hydrogen) atoms. The summed E-state index contributed by atoms with van der Waals surface area (Å²) >= 11 is 5.80. The van der Waals surface area contributed by atoms with Crippen molar-refractivity contribution in [2.75, 3.05) is 4.72 Å². The Morgan fingerprint density at radius 1 is 1.41 bits per heavy atom. The summed E-state index contributed by atoms with van der Waals surface area (Å²) in [5, 5.41) is 0.0637. The first-order valence-corrected chi connectivity index (χ1v) is 6.48. The molecule has 0 amide bonds. The molecule has 2 aromatic rings. The summed E-state index contributed by atoms with van der Waals surface area (Å²) < 4.78 is 26.1. The summed E-state index contributed by atoms with van der Waals surface area (Å²) in [6.07, 6.45) is 4.04. The molecule has 0 radical (unpaired) electrons. The van der Waals surface area contributed by atoms with Crippen LogP contribution in [0.5, 0.6) is 0 Å². The summed E-state index contributed by atoms with van der Waals surface area (Å²) in [7, 11) is -3.70. The average Bonchev–Trinajstić information content (AvgIpc) is 2.77. The minimum Gasteiger partial charge on any atom is -0.334 e. The van der Waals surface area contributed by atoms with E-state index >= 15 is 0 Å². The summed E-state index contributed by atoms with van der Waals surface area (Å²) in [4.78, 5) is 10.0. The number of pyridine rings is 1. The lowest BCUT2D eigenvalue weighted by Gasteiger charge is -2.07. The number of sulfonamides is 1. The average molecular weight is 273 g/mol. The predicted octanol–water partition coefficient (Wildman–Crippen LogP) is 1.57. The van der Waals surface area contributed by atoms with E-state index in [2.05, 4.69) is 19.7 Å². The number of hydrogen-bond acceptors (Lipinski definition) is 4. The van der Waals surface area contributed by atoms with Crippen LogP contribution >= 0.6 is 11.6 Å². The number of rotatable bonds is 3. The third-order valence-electron chi connectivity index (χ3n) is 1.98. The molecule has 2 heterocycles. The van der Waals surface area contributed by atoms with Gasteiger partial charge in [-0.3, -0.25) is 4.72 Å². The molecule has 0 saturated carbocycles. The van der Waals surface area contributed by atoms with E-state index in [-0.39, 0.29) is 15.9 Å². The monoisotopic (exact) mass is 272 g/mol. The Morgan fingerprint density at radius 2 is 2.18 bits per heavy atom. The molecule has 0 aromatic carbocycles. The highest BCUT2D eigenvalue weighted by Gasteiger charge is 2.17. The minimum absolute atomic E-state index is 0.0323. The fourth-order valence-corrected chi connectivity index (χ4v) is 2.38. The number of halogens is 1. The highest BCUT2D eigenvalue weighted by molar-refractivity contribution is 7.92. The Kier molecular flexibility index (Phi) is 3.03. The summed E-state index contributed by atoms with van der Waals surface area (Å²) in [5.41, 5.74) is 1.04. The zero-order valence-electron chi connectivity index (χ0n) is 8.81. The summed E-state index contributed by atoms with van der Waals surface area (Å²) in [5.74, 6) is 0. The molecular weight excluding hydrogens is 264 g/mol. The van der Waals surface area contributed by atoms with Crippen LogP contribution in [-0.2, 0) is 10.0 Å². The molecule has 2 aromatic heterocycles. The third kappa shape index (κ3) is 2.56. The van der Waals surface area contributed by atoms with E-state index in [9.17, 15) is 8.42 Å². The number of H-pyrrole nitrogens is 1. The molecule has 8 heteroatoms. The summed E-state index contributed by atoms with van der Waals surface area (Å²) in [6, 6.07) is 1.60. The van der Waals surface area contributed by atoms with Crippen molar-refractivity contribution in [1.82, 2.24) is 15.0 Å². The molecule has 0 fully saturated rings. The molecule has 0 bridgehead atoms. The normalized spacial score (nSPS) is 11.4. The zero-order chi connectivity index (χ0) is 12.5. The van der Waals surface area contributed by atoms with Crippen LogP contribution in [0.1, 0.15) is 5.56 Å². The first-order chi connectivity index (χ1) is 7.99. The van der Waals surface area contributed by atoms with Gasteiger partial charge < -0.3 is 4.98 Å². The van der Waals surface area contributed by atoms with E-state index in [1.54, 1.807) is 19.2 Å². The van der Waals surface area contributed by atoms with Crippen molar-refractivity contribution < 1.29 is 8.42 Å². The SMILES string of the molecule is Cc1cnc(Cl)c(NS(=O)(=O)c2cnc[nH]2)c1. The molecule has 0 aliphatic rings. The van der Waals surface area contributed by atoms with E-state index in [1.807, 2.05) is 0 Å².